The van der Waals surface area contributed by atoms with E-state index in [2.05, 4.69) is 153 Å². The number of ether oxygens (including phenoxy) is 6. The minimum absolute atomic E-state index is 0.209. The highest BCUT2D eigenvalue weighted by atomic mass is 16.8. The average molecular weight is 1580 g/mol. The Balaban J connectivity index is 1.37. The van der Waals surface area contributed by atoms with Gasteiger partial charge in [0.25, 0.3) is 0 Å². The Morgan fingerprint density at radius 1 is 0.330 bits per heavy atom. The van der Waals surface area contributed by atoms with E-state index in [1.54, 1.807) is 6.08 Å². The Labute approximate surface area is 676 Å². The lowest BCUT2D eigenvalue weighted by molar-refractivity contribution is -0.379. The molecule has 3 heterocycles. The molecule has 0 saturated carbocycles. The van der Waals surface area contributed by atoms with Crippen molar-refractivity contribution in [1.82, 2.24) is 5.32 Å². The highest BCUT2D eigenvalue weighted by Gasteiger charge is 2.54. The molecule has 0 aromatic carbocycles. The van der Waals surface area contributed by atoms with E-state index in [1.165, 1.54) is 148 Å². The van der Waals surface area contributed by atoms with Gasteiger partial charge in [-0.1, -0.05) is 333 Å². The second kappa shape index (κ2) is 70.8. The van der Waals surface area contributed by atoms with Crippen molar-refractivity contribution in [2.45, 2.75) is 407 Å². The number of aliphatic hydroxyl groups is 11. The Hall–Kier alpha value is -4.33. The average Bonchev–Trinajstić information content (AvgIpc) is 0.781. The number of nitrogens with one attached hydrogen (secondary N) is 1. The third-order valence-electron chi connectivity index (χ3n) is 20.9. The molecule has 0 aliphatic carbocycles. The summed E-state index contributed by atoms with van der Waals surface area (Å²) in [7, 11) is 0. The molecular weight excluding hydrogens is 1420 g/mol. The van der Waals surface area contributed by atoms with Crippen LogP contribution in [0.2, 0.25) is 0 Å². The number of rotatable bonds is 69. The Bertz CT molecular complexity index is 2590. The number of unbranched alkanes of at least 4 members (excludes halogenated alkanes) is 31. The van der Waals surface area contributed by atoms with Crippen molar-refractivity contribution in [1.29, 1.82) is 0 Å². The summed E-state index contributed by atoms with van der Waals surface area (Å²) in [5, 5.41) is 121. The lowest BCUT2D eigenvalue weighted by Gasteiger charge is -2.48. The summed E-state index contributed by atoms with van der Waals surface area (Å²) in [4.78, 5) is 13.5. The van der Waals surface area contributed by atoms with Crippen molar-refractivity contribution in [2.24, 2.45) is 0 Å². The first-order chi connectivity index (χ1) is 54.8. The van der Waals surface area contributed by atoms with Crippen LogP contribution in [-0.2, 0) is 33.2 Å². The number of hydrogen-bond acceptors (Lipinski definition) is 18. The minimum atomic E-state index is -1.99. The molecule has 3 aliphatic heterocycles. The van der Waals surface area contributed by atoms with Gasteiger partial charge in [-0.25, -0.2) is 0 Å². The van der Waals surface area contributed by atoms with Crippen LogP contribution in [0.3, 0.4) is 0 Å². The van der Waals surface area contributed by atoms with Gasteiger partial charge in [-0.05, 0) is 109 Å². The fourth-order valence-electron chi connectivity index (χ4n) is 13.9. The van der Waals surface area contributed by atoms with E-state index in [0.29, 0.717) is 12.8 Å². The van der Waals surface area contributed by atoms with Crippen molar-refractivity contribution in [3.05, 3.63) is 146 Å². The molecule has 0 aromatic heterocycles. The van der Waals surface area contributed by atoms with Gasteiger partial charge in [-0.15, -0.1) is 0 Å². The van der Waals surface area contributed by atoms with Gasteiger partial charge < -0.3 is 89.9 Å². The van der Waals surface area contributed by atoms with Crippen LogP contribution in [0.25, 0.3) is 0 Å². The number of carbonyl (C=O) groups is 1. The van der Waals surface area contributed by atoms with Gasteiger partial charge in [0, 0.05) is 6.42 Å². The topological polar surface area (TPSA) is 307 Å². The molecule has 3 saturated heterocycles. The highest BCUT2D eigenvalue weighted by molar-refractivity contribution is 5.76. The highest BCUT2D eigenvalue weighted by Crippen LogP contribution is 2.33. The molecule has 1 amide bonds. The summed E-state index contributed by atoms with van der Waals surface area (Å²) in [5.41, 5.74) is 0. The zero-order valence-corrected chi connectivity index (χ0v) is 69.1. The molecule has 0 spiro atoms. The number of hydrogen-bond donors (Lipinski definition) is 12. The van der Waals surface area contributed by atoms with Crippen molar-refractivity contribution in [2.75, 3.05) is 26.4 Å². The number of allylic oxidation sites excluding steroid dienone is 23. The molecule has 17 atom stereocenters. The molecule has 112 heavy (non-hydrogen) atoms. The van der Waals surface area contributed by atoms with E-state index in [1.807, 2.05) is 6.08 Å². The third kappa shape index (κ3) is 49.0. The molecule has 3 aliphatic rings. The molecule has 3 fully saturated rings. The molecule has 0 aromatic rings. The number of carbonyl (C=O) groups excluding carboxylic acids is 1. The van der Waals surface area contributed by atoms with Gasteiger partial charge in [0.15, 0.2) is 18.9 Å². The maximum absolute atomic E-state index is 13.5. The summed E-state index contributed by atoms with van der Waals surface area (Å²) < 4.78 is 34.5. The van der Waals surface area contributed by atoms with Crippen LogP contribution in [0.1, 0.15) is 303 Å². The van der Waals surface area contributed by atoms with Gasteiger partial charge >= 0.3 is 0 Å². The van der Waals surface area contributed by atoms with Crippen LogP contribution >= 0.6 is 0 Å². The minimum Gasteiger partial charge on any atom is -0.394 e. The first kappa shape index (κ1) is 102. The van der Waals surface area contributed by atoms with Gasteiger partial charge in [-0.3, -0.25) is 4.79 Å². The summed E-state index contributed by atoms with van der Waals surface area (Å²) in [6.07, 6.45) is 77.0. The Kier molecular flexibility index (Phi) is 64.4. The second-order valence-corrected chi connectivity index (χ2v) is 30.6. The molecule has 0 radical (unpaired) electrons. The van der Waals surface area contributed by atoms with Crippen LogP contribution in [0.15, 0.2) is 146 Å². The second-order valence-electron chi connectivity index (χ2n) is 30.6. The fraction of sp³-hybridized carbons (Fsp3) is 0.731. The van der Waals surface area contributed by atoms with Crippen molar-refractivity contribution in [3.63, 3.8) is 0 Å². The molecule has 3 rings (SSSR count). The van der Waals surface area contributed by atoms with Crippen LogP contribution < -0.4 is 5.32 Å². The summed E-state index contributed by atoms with van der Waals surface area (Å²) in [6, 6.07) is -1.01. The molecule has 19 nitrogen and oxygen atoms in total. The maximum atomic E-state index is 13.5. The monoisotopic (exact) mass is 1580 g/mol. The Morgan fingerprint density at radius 3 is 1.00 bits per heavy atom. The van der Waals surface area contributed by atoms with Gasteiger partial charge in [-0.2, -0.15) is 0 Å². The molecule has 0 bridgehead atoms. The summed E-state index contributed by atoms with van der Waals surface area (Å²) in [5.74, 6) is -0.303. The molecule has 17 unspecified atom stereocenters. The van der Waals surface area contributed by atoms with Crippen LogP contribution in [0.5, 0.6) is 0 Å². The number of aliphatic hydroxyl groups excluding tert-OH is 11. The predicted octanol–water partition coefficient (Wildman–Crippen LogP) is 16.6. The fourth-order valence-corrected chi connectivity index (χ4v) is 13.9. The third-order valence-corrected chi connectivity index (χ3v) is 20.9. The molecule has 642 valence electrons. The standard InChI is InChI=1S/C93H157NO18/c1-3-5-7-9-11-13-15-17-19-21-23-25-27-29-31-33-35-36-37-38-39-40-41-43-45-47-49-51-53-55-57-59-61-63-65-67-69-71-81(99)94-76(77(98)70-68-66-64-62-60-58-56-54-52-50-48-46-44-42-34-32-30-28-26-24-22-20-18-16-14-12-10-8-6-4-2)75-107-91-87(105)84(102)89(79(73-96)109-91)112-93-88(106)85(103)90(80(74-97)110-93)111-92-86(104)83(101)82(100)78(72-95)108-92/h5,7,11,13,17,19,23,25,29,31,35-36,38-39,41,43,47,49,53,55,60,62,68,70,76-80,82-93,95-98,100-106H,3-4,6,8-10,12,14-16,18,20-22,24,26-28,30,32-34,37,40,42,44-46,48,50-52,54,56-59,61,63-67,69,71-75H2,1-2H3,(H,94,99)/b7-5-,13-11-,19-17-,25-23-,31-29-,36-35-,39-38-,43-41-,49-47-,55-53-,62-60+,70-68+. The summed E-state index contributed by atoms with van der Waals surface area (Å²) >= 11 is 0. The van der Waals surface area contributed by atoms with E-state index in [9.17, 15) is 61.0 Å². The lowest BCUT2D eigenvalue weighted by Crippen LogP contribution is -2.66. The zero-order chi connectivity index (χ0) is 81.0. The van der Waals surface area contributed by atoms with E-state index in [4.69, 9.17) is 28.4 Å². The maximum Gasteiger partial charge on any atom is 0.220 e. The first-order valence-electron chi connectivity index (χ1n) is 44.1. The van der Waals surface area contributed by atoms with Crippen molar-refractivity contribution < 1.29 is 89.4 Å². The largest absolute Gasteiger partial charge is 0.394 e. The van der Waals surface area contributed by atoms with Crippen LogP contribution in [0, 0.1) is 0 Å². The van der Waals surface area contributed by atoms with Gasteiger partial charge in [0.1, 0.15) is 73.2 Å². The lowest BCUT2D eigenvalue weighted by atomic mass is 9.96. The first-order valence-corrected chi connectivity index (χ1v) is 44.1. The number of amides is 1. The van der Waals surface area contributed by atoms with Crippen molar-refractivity contribution >= 4 is 5.91 Å². The van der Waals surface area contributed by atoms with Gasteiger partial charge in [0.2, 0.25) is 5.91 Å². The zero-order valence-electron chi connectivity index (χ0n) is 69.1. The van der Waals surface area contributed by atoms with Crippen LogP contribution in [0.4, 0.5) is 0 Å². The summed E-state index contributed by atoms with van der Waals surface area (Å²) in [6.45, 7) is 1.61. The van der Waals surface area contributed by atoms with E-state index >= 15 is 0 Å². The quantitative estimate of drug-likeness (QED) is 0.0199. The van der Waals surface area contributed by atoms with Gasteiger partial charge in [0.05, 0.1) is 38.6 Å². The van der Waals surface area contributed by atoms with E-state index < -0.39 is 124 Å². The Morgan fingerprint density at radius 2 is 0.625 bits per heavy atom. The van der Waals surface area contributed by atoms with E-state index in [0.717, 1.165) is 122 Å². The smallest absolute Gasteiger partial charge is 0.220 e. The molecule has 12 N–H and O–H groups in total. The van der Waals surface area contributed by atoms with Crippen LogP contribution in [-0.4, -0.2) is 193 Å². The van der Waals surface area contributed by atoms with E-state index in [-0.39, 0.29) is 18.9 Å². The normalized spacial score (nSPS) is 25.7. The predicted molar refractivity (Wildman–Crippen MR) is 452 cm³/mol. The SMILES string of the molecule is CC/C=C\C/C=C\C/C=C\C/C=C\C/C=C\C/C=C\C/C=C\C/C=C\C/C=C\C/C=C\CCCCCCCCC(=O)NC(COC1OC(CO)C(OC2OC(CO)C(OC3OC(CO)C(O)C(O)C3O)C(O)C2O)C(O)C1O)C(O)/C=C/CC/C=C/CCCCCCCCCCCCCCCCCCCCCCCCCC. The molecular formula is C93H157NO18. The molecule has 19 heteroatoms. The van der Waals surface area contributed by atoms with Crippen molar-refractivity contribution in [3.8, 4) is 0 Å².